The molecule has 1 aliphatic rings. The van der Waals surface area contributed by atoms with Crippen molar-refractivity contribution in [3.8, 4) is 0 Å². The van der Waals surface area contributed by atoms with Gasteiger partial charge in [-0.1, -0.05) is 60.0 Å². The first-order valence-corrected chi connectivity index (χ1v) is 10.5. The summed E-state index contributed by atoms with van der Waals surface area (Å²) in [7, 11) is 0. The molecule has 0 aliphatic heterocycles. The zero-order valence-corrected chi connectivity index (χ0v) is 16.4. The Bertz CT molecular complexity index is 718. The Labute approximate surface area is 161 Å². The van der Waals surface area contributed by atoms with E-state index in [1.54, 1.807) is 0 Å². The Morgan fingerprint density at radius 1 is 1.32 bits per heavy atom. The quantitative estimate of drug-likeness (QED) is 0.682. The minimum atomic E-state index is -0.186. The topological polar surface area (TPSA) is 66.9 Å². The van der Waals surface area contributed by atoms with Crippen LogP contribution in [0.3, 0.4) is 0 Å². The molecule has 1 saturated carbocycles. The van der Waals surface area contributed by atoms with Crippen molar-refractivity contribution in [2.75, 3.05) is 5.32 Å². The molecule has 0 radical (unpaired) electrons. The van der Waals surface area contributed by atoms with Crippen molar-refractivity contribution in [1.29, 1.82) is 0 Å². The Balaban J connectivity index is 1.52. The largest absolute Gasteiger partial charge is 0.352 e. The van der Waals surface area contributed by atoms with Crippen molar-refractivity contribution in [3.05, 3.63) is 29.3 Å². The van der Waals surface area contributed by atoms with Gasteiger partial charge in [0.05, 0.1) is 5.25 Å². The predicted octanol–water partition coefficient (Wildman–Crippen LogP) is 4.86. The molecule has 2 aromatic rings. The Morgan fingerprint density at radius 3 is 2.88 bits per heavy atom. The molecular weight excluding hydrogens is 376 g/mol. The summed E-state index contributed by atoms with van der Waals surface area (Å²) in [5.74, 6) is 0.0800. The van der Waals surface area contributed by atoms with Gasteiger partial charge in [-0.15, -0.1) is 10.2 Å². The molecule has 2 N–H and O–H groups in total. The molecule has 8 heteroatoms. The van der Waals surface area contributed by atoms with Crippen LogP contribution in [0, 0.1) is 0 Å². The smallest absolute Gasteiger partial charge is 0.233 e. The summed E-state index contributed by atoms with van der Waals surface area (Å²) in [6, 6.07) is 7.77. The van der Waals surface area contributed by atoms with Crippen molar-refractivity contribution < 1.29 is 4.79 Å². The number of amides is 1. The highest BCUT2D eigenvalue weighted by atomic mass is 35.5. The molecule has 1 amide bonds. The fourth-order valence-corrected chi connectivity index (χ4v) is 4.88. The molecule has 134 valence electrons. The summed E-state index contributed by atoms with van der Waals surface area (Å²) in [6.07, 6.45) is 5.89. The molecule has 25 heavy (non-hydrogen) atoms. The molecule has 1 fully saturated rings. The van der Waals surface area contributed by atoms with Crippen LogP contribution in [0.25, 0.3) is 0 Å². The lowest BCUT2D eigenvalue weighted by atomic mass is 9.95. The van der Waals surface area contributed by atoms with Gasteiger partial charge in [0.2, 0.25) is 11.0 Å². The molecule has 0 spiro atoms. The lowest BCUT2D eigenvalue weighted by Gasteiger charge is -2.24. The lowest BCUT2D eigenvalue weighted by Crippen LogP contribution is -2.40. The van der Waals surface area contributed by atoms with E-state index in [0.29, 0.717) is 16.2 Å². The van der Waals surface area contributed by atoms with E-state index in [1.165, 1.54) is 42.4 Å². The number of thioether (sulfide) groups is 1. The molecule has 3 rings (SSSR count). The highest BCUT2D eigenvalue weighted by Crippen LogP contribution is 2.31. The monoisotopic (exact) mass is 396 g/mol. The van der Waals surface area contributed by atoms with Crippen molar-refractivity contribution in [3.63, 3.8) is 0 Å². The van der Waals surface area contributed by atoms with Crippen LogP contribution < -0.4 is 10.6 Å². The van der Waals surface area contributed by atoms with Gasteiger partial charge in [0.25, 0.3) is 0 Å². The number of carbonyl (C=O) groups is 1. The van der Waals surface area contributed by atoms with E-state index in [9.17, 15) is 4.79 Å². The van der Waals surface area contributed by atoms with Crippen LogP contribution in [-0.2, 0) is 4.79 Å². The molecule has 1 atom stereocenters. The average molecular weight is 397 g/mol. The molecule has 0 bridgehead atoms. The third-order valence-corrected chi connectivity index (χ3v) is 6.34. The normalized spacial score (nSPS) is 16.4. The van der Waals surface area contributed by atoms with Crippen LogP contribution in [0.2, 0.25) is 5.02 Å². The minimum absolute atomic E-state index is 0.0800. The summed E-state index contributed by atoms with van der Waals surface area (Å²) in [4.78, 5) is 12.3. The number of aromatic nitrogens is 2. The summed E-state index contributed by atoms with van der Waals surface area (Å²) in [5, 5.41) is 15.8. The van der Waals surface area contributed by atoms with Crippen LogP contribution in [0.15, 0.2) is 28.6 Å². The van der Waals surface area contributed by atoms with Gasteiger partial charge in [-0.2, -0.15) is 0 Å². The van der Waals surface area contributed by atoms with E-state index >= 15 is 0 Å². The van der Waals surface area contributed by atoms with E-state index < -0.39 is 0 Å². The summed E-state index contributed by atoms with van der Waals surface area (Å²) in [5.41, 5.74) is 0.864. The molecule has 5 nitrogen and oxygen atoms in total. The zero-order chi connectivity index (χ0) is 17.6. The first-order chi connectivity index (χ1) is 12.1. The van der Waals surface area contributed by atoms with Gasteiger partial charge in [0.15, 0.2) is 4.34 Å². The number of benzene rings is 1. The third kappa shape index (κ3) is 5.59. The van der Waals surface area contributed by atoms with E-state index in [2.05, 4.69) is 20.8 Å². The molecule has 1 aromatic heterocycles. The van der Waals surface area contributed by atoms with Crippen LogP contribution >= 0.6 is 34.7 Å². The van der Waals surface area contributed by atoms with Crippen LogP contribution in [0.5, 0.6) is 0 Å². The zero-order valence-electron chi connectivity index (χ0n) is 14.0. The van der Waals surface area contributed by atoms with E-state index in [4.69, 9.17) is 11.6 Å². The van der Waals surface area contributed by atoms with Gasteiger partial charge >= 0.3 is 0 Å². The fraction of sp³-hybridized carbons (Fsp3) is 0.471. The number of carbonyl (C=O) groups excluding carboxylic acids is 1. The SMILES string of the molecule is C[C@H](Sc1nnc(Nc2cccc(Cl)c2)s1)C(=O)NC1CCCCC1. The van der Waals surface area contributed by atoms with Gasteiger partial charge in [-0.25, -0.2) is 0 Å². The highest BCUT2D eigenvalue weighted by molar-refractivity contribution is 8.02. The number of hydrogen-bond donors (Lipinski definition) is 2. The second-order valence-electron chi connectivity index (χ2n) is 6.11. The molecule has 0 saturated heterocycles. The average Bonchev–Trinajstić information content (AvgIpc) is 3.02. The Morgan fingerprint density at radius 2 is 2.12 bits per heavy atom. The van der Waals surface area contributed by atoms with Crippen LogP contribution in [-0.4, -0.2) is 27.4 Å². The minimum Gasteiger partial charge on any atom is -0.352 e. The number of anilines is 2. The second kappa shape index (κ2) is 8.87. The number of nitrogens with one attached hydrogen (secondary N) is 2. The lowest BCUT2D eigenvalue weighted by molar-refractivity contribution is -0.121. The van der Waals surface area contributed by atoms with E-state index in [0.717, 1.165) is 22.9 Å². The number of hydrogen-bond acceptors (Lipinski definition) is 6. The summed E-state index contributed by atoms with van der Waals surface area (Å²) < 4.78 is 0.774. The van der Waals surface area contributed by atoms with Crippen molar-refractivity contribution in [2.24, 2.45) is 0 Å². The molecule has 1 heterocycles. The predicted molar refractivity (Wildman–Crippen MR) is 105 cm³/mol. The maximum absolute atomic E-state index is 12.3. The number of nitrogens with zero attached hydrogens (tertiary/aromatic N) is 2. The van der Waals surface area contributed by atoms with Gasteiger partial charge < -0.3 is 10.6 Å². The first kappa shape index (κ1) is 18.5. The van der Waals surface area contributed by atoms with E-state index in [-0.39, 0.29) is 11.2 Å². The molecule has 1 aromatic carbocycles. The van der Waals surface area contributed by atoms with Gasteiger partial charge in [-0.3, -0.25) is 4.79 Å². The fourth-order valence-electron chi connectivity index (χ4n) is 2.77. The Kier molecular flexibility index (Phi) is 6.56. The standard InChI is InChI=1S/C17H21ClN4OS2/c1-11(15(23)19-13-7-3-2-4-8-13)24-17-22-21-16(25-17)20-14-9-5-6-12(18)10-14/h5-6,9-11,13H,2-4,7-8H2,1H3,(H,19,23)(H,20,21)/t11-/m0/s1. The highest BCUT2D eigenvalue weighted by Gasteiger charge is 2.21. The maximum Gasteiger partial charge on any atom is 0.233 e. The molecule has 1 aliphatic carbocycles. The third-order valence-electron chi connectivity index (χ3n) is 4.08. The van der Waals surface area contributed by atoms with Crippen molar-refractivity contribution >= 4 is 51.4 Å². The molecule has 0 unspecified atom stereocenters. The van der Waals surface area contributed by atoms with Gasteiger partial charge in [-0.05, 0) is 38.0 Å². The van der Waals surface area contributed by atoms with Crippen LogP contribution in [0.4, 0.5) is 10.8 Å². The van der Waals surface area contributed by atoms with Gasteiger partial charge in [0, 0.05) is 16.8 Å². The molecular formula is C17H21ClN4OS2. The number of rotatable bonds is 6. The van der Waals surface area contributed by atoms with E-state index in [1.807, 2.05) is 31.2 Å². The van der Waals surface area contributed by atoms with Gasteiger partial charge in [0.1, 0.15) is 0 Å². The Hall–Kier alpha value is -1.31. The maximum atomic E-state index is 12.3. The summed E-state index contributed by atoms with van der Waals surface area (Å²) in [6.45, 7) is 1.91. The van der Waals surface area contributed by atoms with Crippen molar-refractivity contribution in [1.82, 2.24) is 15.5 Å². The second-order valence-corrected chi connectivity index (χ2v) is 9.11. The first-order valence-electron chi connectivity index (χ1n) is 8.43. The summed E-state index contributed by atoms with van der Waals surface area (Å²) >= 11 is 8.85. The van der Waals surface area contributed by atoms with Crippen LogP contribution in [0.1, 0.15) is 39.0 Å². The van der Waals surface area contributed by atoms with Crippen molar-refractivity contribution in [2.45, 2.75) is 54.7 Å². The number of halogens is 1.